The normalized spacial score (nSPS) is 12.2. The quantitative estimate of drug-likeness (QED) is 0.744. The van der Waals surface area contributed by atoms with Crippen molar-refractivity contribution in [2.24, 2.45) is 17.6 Å². The van der Waals surface area contributed by atoms with E-state index < -0.39 is 23.6 Å². The fourth-order valence-corrected chi connectivity index (χ4v) is 1.93. The van der Waals surface area contributed by atoms with E-state index in [1.165, 1.54) is 12.1 Å². The summed E-state index contributed by atoms with van der Waals surface area (Å²) in [5.41, 5.74) is 4.95. The molecule has 0 aliphatic heterocycles. The first kappa shape index (κ1) is 16.1. The van der Waals surface area contributed by atoms with Crippen molar-refractivity contribution in [1.29, 1.82) is 0 Å². The number of nitrogens with two attached hydrogens (primary N) is 1. The van der Waals surface area contributed by atoms with E-state index >= 15 is 0 Å². The molecule has 0 aromatic heterocycles. The number of nitrogens with one attached hydrogen (secondary N) is 1. The number of aromatic carboxylic acids is 1. The molecular weight excluding hydrogens is 263 g/mol. The largest absolute Gasteiger partial charge is 0.478 e. The lowest BCUT2D eigenvalue weighted by Gasteiger charge is -2.18. The second-order valence-corrected chi connectivity index (χ2v) is 5.02. The van der Waals surface area contributed by atoms with Crippen LogP contribution in [-0.2, 0) is 4.79 Å². The molecule has 0 fully saturated rings. The zero-order valence-electron chi connectivity index (χ0n) is 11.5. The minimum Gasteiger partial charge on any atom is -0.478 e. The minimum absolute atomic E-state index is 0.126. The summed E-state index contributed by atoms with van der Waals surface area (Å²) in [6.45, 7) is 4.02. The predicted octanol–water partition coefficient (Wildman–Crippen LogP) is 2.08. The van der Waals surface area contributed by atoms with Gasteiger partial charge in [0.15, 0.2) is 0 Å². The van der Waals surface area contributed by atoms with E-state index in [-0.39, 0.29) is 23.7 Å². The minimum atomic E-state index is -1.30. The molecule has 1 amide bonds. The fourth-order valence-electron chi connectivity index (χ4n) is 1.93. The Balaban J connectivity index is 2.97. The second kappa shape index (κ2) is 7.00. The van der Waals surface area contributed by atoms with E-state index in [2.05, 4.69) is 5.32 Å². The topological polar surface area (TPSA) is 92.4 Å². The number of hydrogen-bond donors (Lipinski definition) is 3. The van der Waals surface area contributed by atoms with Gasteiger partial charge in [0.25, 0.3) is 0 Å². The van der Waals surface area contributed by atoms with E-state index in [0.717, 1.165) is 6.07 Å². The summed E-state index contributed by atoms with van der Waals surface area (Å²) in [6, 6.07) is 3.62. The number of benzene rings is 1. The number of carboxylic acids is 1. The summed E-state index contributed by atoms with van der Waals surface area (Å²) in [7, 11) is 0. The lowest BCUT2D eigenvalue weighted by atomic mass is 9.96. The molecule has 4 N–H and O–H groups in total. The number of hydrogen-bond acceptors (Lipinski definition) is 3. The van der Waals surface area contributed by atoms with Gasteiger partial charge < -0.3 is 16.2 Å². The lowest BCUT2D eigenvalue weighted by Crippen LogP contribution is -2.31. The number of para-hydroxylation sites is 1. The summed E-state index contributed by atoms with van der Waals surface area (Å²) in [4.78, 5) is 23.1. The van der Waals surface area contributed by atoms with E-state index in [1.807, 2.05) is 13.8 Å². The molecule has 1 aromatic rings. The van der Waals surface area contributed by atoms with Crippen LogP contribution in [0.25, 0.3) is 0 Å². The van der Waals surface area contributed by atoms with Crippen molar-refractivity contribution in [3.05, 3.63) is 29.6 Å². The molecule has 1 aromatic carbocycles. The van der Waals surface area contributed by atoms with Crippen molar-refractivity contribution in [2.45, 2.75) is 20.3 Å². The van der Waals surface area contributed by atoms with Gasteiger partial charge in [0.05, 0.1) is 17.2 Å². The average Bonchev–Trinajstić information content (AvgIpc) is 2.37. The molecular formula is C14H19FN2O3. The molecule has 1 atom stereocenters. The molecule has 0 saturated carbocycles. The summed E-state index contributed by atoms with van der Waals surface area (Å²) in [5.74, 6) is -2.76. The van der Waals surface area contributed by atoms with Gasteiger partial charge in [-0.2, -0.15) is 0 Å². The number of carbonyl (C=O) groups is 2. The predicted molar refractivity (Wildman–Crippen MR) is 74.0 cm³/mol. The molecule has 0 saturated heterocycles. The number of amides is 1. The Kier molecular flexibility index (Phi) is 5.64. The van der Waals surface area contributed by atoms with Gasteiger partial charge in [-0.3, -0.25) is 4.79 Å². The van der Waals surface area contributed by atoms with Crippen molar-refractivity contribution in [3.8, 4) is 0 Å². The van der Waals surface area contributed by atoms with Gasteiger partial charge in [0, 0.05) is 6.54 Å². The first-order valence-corrected chi connectivity index (χ1v) is 6.39. The number of halogens is 1. The van der Waals surface area contributed by atoms with Gasteiger partial charge in [0.2, 0.25) is 5.91 Å². The number of carboxylic acid groups (broad SMARTS) is 1. The maximum atomic E-state index is 13.7. The molecule has 6 heteroatoms. The molecule has 0 heterocycles. The van der Waals surface area contributed by atoms with Crippen LogP contribution in [0.1, 0.15) is 30.6 Å². The van der Waals surface area contributed by atoms with E-state index in [4.69, 9.17) is 10.8 Å². The summed E-state index contributed by atoms with van der Waals surface area (Å²) in [6.07, 6.45) is 0.555. The van der Waals surface area contributed by atoms with Crippen molar-refractivity contribution >= 4 is 17.6 Å². The van der Waals surface area contributed by atoms with Crippen molar-refractivity contribution < 1.29 is 19.1 Å². The average molecular weight is 282 g/mol. The monoisotopic (exact) mass is 282 g/mol. The third-order valence-corrected chi connectivity index (χ3v) is 2.90. The highest BCUT2D eigenvalue weighted by atomic mass is 19.1. The highest BCUT2D eigenvalue weighted by Gasteiger charge is 2.22. The van der Waals surface area contributed by atoms with Crippen LogP contribution in [0, 0.1) is 17.7 Å². The molecule has 1 unspecified atom stereocenters. The third kappa shape index (κ3) is 4.03. The summed E-state index contributed by atoms with van der Waals surface area (Å²) in [5, 5.41) is 11.3. The maximum absolute atomic E-state index is 13.7. The van der Waals surface area contributed by atoms with Gasteiger partial charge >= 0.3 is 5.97 Å². The molecule has 0 radical (unpaired) electrons. The zero-order chi connectivity index (χ0) is 15.3. The second-order valence-electron chi connectivity index (χ2n) is 5.02. The van der Waals surface area contributed by atoms with Crippen LogP contribution < -0.4 is 11.1 Å². The molecule has 5 nitrogen and oxygen atoms in total. The van der Waals surface area contributed by atoms with Gasteiger partial charge in [-0.25, -0.2) is 9.18 Å². The lowest BCUT2D eigenvalue weighted by molar-refractivity contribution is -0.120. The number of anilines is 1. The Hall–Kier alpha value is -1.95. The molecule has 110 valence electrons. The van der Waals surface area contributed by atoms with Crippen molar-refractivity contribution in [3.63, 3.8) is 0 Å². The van der Waals surface area contributed by atoms with Crippen LogP contribution >= 0.6 is 0 Å². The van der Waals surface area contributed by atoms with E-state index in [0.29, 0.717) is 6.42 Å². The van der Waals surface area contributed by atoms with E-state index in [9.17, 15) is 14.0 Å². The maximum Gasteiger partial charge on any atom is 0.337 e. The van der Waals surface area contributed by atoms with Crippen molar-refractivity contribution in [1.82, 2.24) is 0 Å². The highest BCUT2D eigenvalue weighted by molar-refractivity contribution is 6.01. The first-order valence-electron chi connectivity index (χ1n) is 6.39. The van der Waals surface area contributed by atoms with Crippen LogP contribution in [0.5, 0.6) is 0 Å². The number of rotatable bonds is 6. The van der Waals surface area contributed by atoms with E-state index in [1.54, 1.807) is 0 Å². The third-order valence-electron chi connectivity index (χ3n) is 2.90. The highest BCUT2D eigenvalue weighted by Crippen LogP contribution is 2.21. The Morgan fingerprint density at radius 1 is 1.40 bits per heavy atom. The van der Waals surface area contributed by atoms with Gasteiger partial charge in [0.1, 0.15) is 5.82 Å². The first-order chi connectivity index (χ1) is 9.36. The van der Waals surface area contributed by atoms with Gasteiger partial charge in [-0.05, 0) is 24.5 Å². The molecule has 0 aliphatic rings. The molecule has 0 bridgehead atoms. The van der Waals surface area contributed by atoms with Crippen LogP contribution in [-0.4, -0.2) is 23.5 Å². The standard InChI is InChI=1S/C14H19FN2O3/c1-8(2)6-9(7-16)13(18)17-12-10(14(19)20)4-3-5-11(12)15/h3-5,8-9H,6-7,16H2,1-2H3,(H,17,18)(H,19,20). The Morgan fingerprint density at radius 2 is 2.05 bits per heavy atom. The zero-order valence-corrected chi connectivity index (χ0v) is 11.5. The molecule has 20 heavy (non-hydrogen) atoms. The molecule has 1 rings (SSSR count). The SMILES string of the molecule is CC(C)CC(CN)C(=O)Nc1c(F)cccc1C(=O)O. The fraction of sp³-hybridized carbons (Fsp3) is 0.429. The van der Waals surface area contributed by atoms with Gasteiger partial charge in [-0.1, -0.05) is 19.9 Å². The van der Waals surface area contributed by atoms with Gasteiger partial charge in [-0.15, -0.1) is 0 Å². The Labute approximate surface area is 117 Å². The number of carbonyl (C=O) groups excluding carboxylic acids is 1. The van der Waals surface area contributed by atoms with Crippen LogP contribution in [0.3, 0.4) is 0 Å². The van der Waals surface area contributed by atoms with Crippen LogP contribution in [0.15, 0.2) is 18.2 Å². The Bertz CT molecular complexity index is 503. The van der Waals surface area contributed by atoms with Crippen LogP contribution in [0.2, 0.25) is 0 Å². The summed E-state index contributed by atoms with van der Waals surface area (Å²) < 4.78 is 13.7. The molecule has 0 aliphatic carbocycles. The smallest absolute Gasteiger partial charge is 0.337 e. The van der Waals surface area contributed by atoms with Crippen molar-refractivity contribution in [2.75, 3.05) is 11.9 Å². The summed E-state index contributed by atoms with van der Waals surface area (Å²) >= 11 is 0. The molecule has 0 spiro atoms. The Morgan fingerprint density at radius 3 is 2.55 bits per heavy atom. The van der Waals surface area contributed by atoms with Crippen LogP contribution in [0.4, 0.5) is 10.1 Å².